The van der Waals surface area contributed by atoms with Crippen molar-refractivity contribution >= 4 is 23.3 Å². The molecule has 2 aromatic rings. The van der Waals surface area contributed by atoms with Crippen molar-refractivity contribution in [2.24, 2.45) is 17.8 Å². The van der Waals surface area contributed by atoms with Gasteiger partial charge >= 0.3 is 0 Å². The van der Waals surface area contributed by atoms with Crippen LogP contribution in [0.2, 0.25) is 0 Å². The van der Waals surface area contributed by atoms with Crippen LogP contribution in [-0.2, 0) is 5.54 Å². The number of H-pyrrole nitrogens is 1. The Bertz CT molecular complexity index is 706. The van der Waals surface area contributed by atoms with E-state index in [0.29, 0.717) is 5.54 Å². The topological polar surface area (TPSA) is 33.6 Å². The van der Waals surface area contributed by atoms with E-state index in [4.69, 9.17) is 12.2 Å². The van der Waals surface area contributed by atoms with Crippen molar-refractivity contribution in [3.63, 3.8) is 0 Å². The monoisotopic (exact) mass is 285 g/mol. The first-order valence-corrected chi connectivity index (χ1v) is 8.20. The van der Waals surface area contributed by atoms with Crippen LogP contribution in [0.25, 0.3) is 11.0 Å². The van der Waals surface area contributed by atoms with Crippen LogP contribution in [0.5, 0.6) is 0 Å². The smallest absolute Gasteiger partial charge is 0.178 e. The Hall–Kier alpha value is -1.16. The minimum atomic E-state index is 0.297. The molecule has 0 saturated heterocycles. The second kappa shape index (κ2) is 3.73. The summed E-state index contributed by atoms with van der Waals surface area (Å²) in [7, 11) is 0. The quantitative estimate of drug-likeness (QED) is 0.803. The molecule has 0 atom stereocenters. The summed E-state index contributed by atoms with van der Waals surface area (Å²) < 4.78 is 3.36. The zero-order chi connectivity index (χ0) is 13.3. The lowest BCUT2D eigenvalue weighted by Crippen LogP contribution is -2.51. The lowest BCUT2D eigenvalue weighted by molar-refractivity contribution is -0.0416. The molecule has 1 N–H and O–H groups in total. The molecule has 4 heteroatoms. The molecule has 0 amide bonds. The molecule has 104 valence electrons. The van der Waals surface area contributed by atoms with Gasteiger partial charge in [0.2, 0.25) is 0 Å². The first kappa shape index (κ1) is 11.5. The van der Waals surface area contributed by atoms with E-state index in [2.05, 4.69) is 20.6 Å². The normalized spacial score (nSPS) is 38.7. The molecule has 0 radical (unpaired) electrons. The fourth-order valence-electron chi connectivity index (χ4n) is 5.77. The van der Waals surface area contributed by atoms with Gasteiger partial charge in [-0.1, -0.05) is 0 Å². The molecule has 0 aromatic carbocycles. The van der Waals surface area contributed by atoms with Gasteiger partial charge in [0, 0.05) is 11.7 Å². The highest BCUT2D eigenvalue weighted by molar-refractivity contribution is 7.71. The number of hydrogen-bond donors (Lipinski definition) is 1. The highest BCUT2D eigenvalue weighted by Crippen LogP contribution is 2.59. The molecule has 3 nitrogen and oxygen atoms in total. The van der Waals surface area contributed by atoms with Gasteiger partial charge in [0.05, 0.1) is 17.2 Å². The van der Waals surface area contributed by atoms with Gasteiger partial charge in [-0.3, -0.25) is 4.98 Å². The Kier molecular flexibility index (Phi) is 2.14. The number of rotatable bonds is 1. The van der Waals surface area contributed by atoms with E-state index in [0.717, 1.165) is 28.0 Å². The van der Waals surface area contributed by atoms with Gasteiger partial charge in [0.1, 0.15) is 0 Å². The number of fused-ring (bicyclic) bond motifs is 1. The molecule has 4 bridgehead atoms. The lowest BCUT2D eigenvalue weighted by Gasteiger charge is -2.57. The summed E-state index contributed by atoms with van der Waals surface area (Å²) in [5, 5.41) is 0. The van der Waals surface area contributed by atoms with Crippen molar-refractivity contribution < 1.29 is 0 Å². The summed E-state index contributed by atoms with van der Waals surface area (Å²) >= 11 is 5.67. The largest absolute Gasteiger partial charge is 0.329 e. The third kappa shape index (κ3) is 1.40. The maximum absolute atomic E-state index is 5.67. The van der Waals surface area contributed by atoms with E-state index < -0.39 is 0 Å². The van der Waals surface area contributed by atoms with Crippen molar-refractivity contribution in [1.29, 1.82) is 0 Å². The Balaban J connectivity index is 1.75. The molecule has 4 aliphatic rings. The highest BCUT2D eigenvalue weighted by atomic mass is 32.1. The number of nitrogens with one attached hydrogen (secondary N) is 1. The number of imidazole rings is 1. The standard InChI is InChI=1S/C16H19N3S/c20-15-18-13-9-17-2-1-14(13)19(15)16-6-10-3-11(7-16)5-12(4-10)8-16/h1-2,9-12H,3-8H2,(H,18,20). The second-order valence-corrected chi connectivity index (χ2v) is 7.69. The minimum absolute atomic E-state index is 0.297. The Labute approximate surface area is 123 Å². The van der Waals surface area contributed by atoms with Crippen LogP contribution in [0.3, 0.4) is 0 Å². The van der Waals surface area contributed by atoms with Crippen molar-refractivity contribution in [3.05, 3.63) is 23.2 Å². The SMILES string of the molecule is S=c1[nH]c2cnccc2n1C12CC3CC(CC(C3)C1)C2. The second-order valence-electron chi connectivity index (χ2n) is 7.30. The molecule has 4 fully saturated rings. The Morgan fingerprint density at radius 1 is 1.15 bits per heavy atom. The van der Waals surface area contributed by atoms with Crippen LogP contribution in [0.4, 0.5) is 0 Å². The average Bonchev–Trinajstić information content (AvgIpc) is 2.73. The fourth-order valence-corrected chi connectivity index (χ4v) is 6.17. The van der Waals surface area contributed by atoms with Gasteiger partial charge in [0.25, 0.3) is 0 Å². The highest BCUT2D eigenvalue weighted by Gasteiger charge is 2.52. The van der Waals surface area contributed by atoms with Crippen LogP contribution in [0.15, 0.2) is 18.5 Å². The van der Waals surface area contributed by atoms with Gasteiger partial charge in [0.15, 0.2) is 4.77 Å². The van der Waals surface area contributed by atoms with Crippen LogP contribution in [0.1, 0.15) is 38.5 Å². The molecule has 0 unspecified atom stereocenters. The van der Waals surface area contributed by atoms with Crippen molar-refractivity contribution in [1.82, 2.24) is 14.5 Å². The van der Waals surface area contributed by atoms with Gasteiger partial charge in [-0.15, -0.1) is 0 Å². The number of hydrogen-bond acceptors (Lipinski definition) is 2. The van der Waals surface area contributed by atoms with E-state index in [1.807, 2.05) is 12.4 Å². The summed E-state index contributed by atoms with van der Waals surface area (Å²) in [4.78, 5) is 7.59. The minimum Gasteiger partial charge on any atom is -0.329 e. The molecule has 0 aliphatic heterocycles. The first-order valence-electron chi connectivity index (χ1n) is 7.79. The summed E-state index contributed by atoms with van der Waals surface area (Å²) in [6.07, 6.45) is 12.2. The van der Waals surface area contributed by atoms with E-state index in [9.17, 15) is 0 Å². The summed E-state index contributed by atoms with van der Waals surface area (Å²) in [6.45, 7) is 0. The van der Waals surface area contributed by atoms with E-state index in [-0.39, 0.29) is 0 Å². The predicted octanol–water partition coefficient (Wildman–Crippen LogP) is 4.02. The summed E-state index contributed by atoms with van der Waals surface area (Å²) in [5.41, 5.74) is 2.64. The maximum atomic E-state index is 5.67. The zero-order valence-electron chi connectivity index (χ0n) is 11.5. The van der Waals surface area contributed by atoms with E-state index in [1.165, 1.54) is 44.0 Å². The van der Waals surface area contributed by atoms with Gasteiger partial charge in [-0.2, -0.15) is 0 Å². The van der Waals surface area contributed by atoms with Crippen molar-refractivity contribution in [2.45, 2.75) is 44.1 Å². The number of nitrogens with zero attached hydrogens (tertiary/aromatic N) is 2. The summed E-state index contributed by atoms with van der Waals surface area (Å²) in [5.74, 6) is 2.82. The molecule has 4 saturated carbocycles. The van der Waals surface area contributed by atoms with E-state index in [1.54, 1.807) is 0 Å². The molecule has 4 aliphatic carbocycles. The molecule has 2 aromatic heterocycles. The third-order valence-electron chi connectivity index (χ3n) is 5.96. The number of pyridine rings is 1. The van der Waals surface area contributed by atoms with Gasteiger partial charge < -0.3 is 9.55 Å². The van der Waals surface area contributed by atoms with Crippen LogP contribution in [0, 0.1) is 22.5 Å². The average molecular weight is 285 g/mol. The number of aromatic nitrogens is 3. The molecular formula is C16H19N3S. The third-order valence-corrected chi connectivity index (χ3v) is 6.25. The molecule has 6 rings (SSSR count). The van der Waals surface area contributed by atoms with Crippen molar-refractivity contribution in [2.75, 3.05) is 0 Å². The van der Waals surface area contributed by atoms with Gasteiger partial charge in [-0.25, -0.2) is 0 Å². The summed E-state index contributed by atoms with van der Waals surface area (Å²) in [6, 6.07) is 2.13. The van der Waals surface area contributed by atoms with Crippen LogP contribution in [-0.4, -0.2) is 14.5 Å². The first-order chi connectivity index (χ1) is 9.73. The van der Waals surface area contributed by atoms with E-state index >= 15 is 0 Å². The Morgan fingerprint density at radius 2 is 1.80 bits per heavy atom. The maximum Gasteiger partial charge on any atom is 0.178 e. The molecule has 2 heterocycles. The van der Waals surface area contributed by atoms with Crippen LogP contribution < -0.4 is 0 Å². The lowest BCUT2D eigenvalue weighted by atomic mass is 9.53. The van der Waals surface area contributed by atoms with Crippen molar-refractivity contribution in [3.8, 4) is 0 Å². The van der Waals surface area contributed by atoms with Crippen LogP contribution >= 0.6 is 12.2 Å². The fraction of sp³-hybridized carbons (Fsp3) is 0.625. The zero-order valence-corrected chi connectivity index (χ0v) is 12.3. The van der Waals surface area contributed by atoms with Gasteiger partial charge in [-0.05, 0) is 74.6 Å². The predicted molar refractivity (Wildman–Crippen MR) is 81.1 cm³/mol. The molecule has 0 spiro atoms. The Morgan fingerprint density at radius 3 is 2.45 bits per heavy atom. The molecular weight excluding hydrogens is 266 g/mol. The number of aromatic amines is 1. The molecule has 20 heavy (non-hydrogen) atoms.